The van der Waals surface area contributed by atoms with Gasteiger partial charge in [0.25, 0.3) is 0 Å². The first kappa shape index (κ1) is 30.2. The van der Waals surface area contributed by atoms with E-state index in [1.807, 2.05) is 125 Å². The van der Waals surface area contributed by atoms with E-state index in [-0.39, 0.29) is 0 Å². The predicted molar refractivity (Wildman–Crippen MR) is 169 cm³/mol. The van der Waals surface area contributed by atoms with Crippen molar-refractivity contribution in [3.05, 3.63) is 119 Å². The molecule has 1 aliphatic rings. The largest absolute Gasteiger partial charge is 0.459 e. The average molecular weight is 626 g/mol. The lowest BCUT2D eigenvalue weighted by molar-refractivity contribution is 0.365. The van der Waals surface area contributed by atoms with Gasteiger partial charge in [-0.2, -0.15) is 0 Å². The van der Waals surface area contributed by atoms with Crippen molar-refractivity contribution < 1.29 is 27.1 Å². The van der Waals surface area contributed by atoms with Crippen molar-refractivity contribution in [3.8, 4) is 23.0 Å². The van der Waals surface area contributed by atoms with Crippen LogP contribution in [0.15, 0.2) is 111 Å². The van der Waals surface area contributed by atoms with E-state index >= 15 is 0 Å². The predicted octanol–water partition coefficient (Wildman–Crippen LogP) is 10.7. The van der Waals surface area contributed by atoms with E-state index in [0.29, 0.717) is 23.0 Å². The summed E-state index contributed by atoms with van der Waals surface area (Å²) in [5.74, 6) is 2.03. The molecule has 5 rings (SSSR count). The smallest absolute Gasteiger partial charge is 0.422 e. The highest BCUT2D eigenvalue weighted by Crippen LogP contribution is 2.78. The van der Waals surface area contributed by atoms with E-state index in [0.717, 1.165) is 22.3 Å². The van der Waals surface area contributed by atoms with Crippen LogP contribution >= 0.6 is 23.0 Å². The molecule has 42 heavy (non-hydrogen) atoms. The Morgan fingerprint density at radius 3 is 0.833 bits per heavy atom. The summed E-state index contributed by atoms with van der Waals surface area (Å²) in [5, 5.41) is 0. The highest BCUT2D eigenvalue weighted by Gasteiger charge is 2.46. The molecule has 0 radical (unpaired) electrons. The third-order valence-electron chi connectivity index (χ3n) is 6.14. The molecule has 0 aliphatic carbocycles. The first-order valence-electron chi connectivity index (χ1n) is 13.2. The molecule has 220 valence electrons. The molecule has 4 aromatic rings. The monoisotopic (exact) mass is 625 g/mol. The third kappa shape index (κ3) is 7.18. The Bertz CT molecular complexity index is 1600. The minimum Gasteiger partial charge on any atom is -0.422 e. The molecule has 0 amide bonds. The standard InChI is InChI=1S/C30H34N3O6P3/c1-23-7-15-27(16-8-23)36-40(34-5)31-41(35-6,37-28-17-9-24(2)10-18-28)33-42(32-40,38-29-19-11-25(3)12-20-29)39-30-21-13-26(4)14-22-30/h7-22H,1-6H3/t40-,41+. The molecule has 0 saturated heterocycles. The zero-order chi connectivity index (χ0) is 29.8. The van der Waals surface area contributed by atoms with Crippen LogP contribution in [-0.2, 0) is 9.05 Å². The van der Waals surface area contributed by atoms with Crippen molar-refractivity contribution in [2.24, 2.45) is 13.5 Å². The first-order chi connectivity index (χ1) is 20.1. The zero-order valence-corrected chi connectivity index (χ0v) is 27.1. The van der Waals surface area contributed by atoms with Crippen molar-refractivity contribution in [3.63, 3.8) is 0 Å². The molecule has 1 heterocycles. The van der Waals surface area contributed by atoms with Crippen LogP contribution in [0.25, 0.3) is 0 Å². The molecule has 12 heteroatoms. The molecule has 0 aromatic heterocycles. The maximum absolute atomic E-state index is 6.59. The van der Waals surface area contributed by atoms with Gasteiger partial charge in [-0.05, 0) is 76.2 Å². The van der Waals surface area contributed by atoms with E-state index in [4.69, 9.17) is 40.7 Å². The number of benzene rings is 4. The van der Waals surface area contributed by atoms with Gasteiger partial charge in [0.2, 0.25) is 0 Å². The van der Waals surface area contributed by atoms with Crippen LogP contribution in [0, 0.1) is 27.7 Å². The molecule has 0 spiro atoms. The van der Waals surface area contributed by atoms with Gasteiger partial charge in [-0.1, -0.05) is 70.8 Å². The Labute approximate surface area is 247 Å². The van der Waals surface area contributed by atoms with E-state index in [9.17, 15) is 0 Å². The lowest BCUT2D eigenvalue weighted by Crippen LogP contribution is -2.08. The summed E-state index contributed by atoms with van der Waals surface area (Å²) >= 11 is 0. The van der Waals surface area contributed by atoms with Crippen LogP contribution in [0.1, 0.15) is 22.3 Å². The SMILES string of the molecule is CO[P@]1(Oc2ccc(C)cc2)=NP(Oc2ccc(C)cc2)(Oc2ccc(C)cc2)=N[P@@](OC)(Oc2ccc(C)cc2)=N1. The van der Waals surface area contributed by atoms with Crippen LogP contribution in [0.5, 0.6) is 23.0 Å². The van der Waals surface area contributed by atoms with Gasteiger partial charge in [-0.15, -0.1) is 13.5 Å². The van der Waals surface area contributed by atoms with Gasteiger partial charge in [0, 0.05) is 14.2 Å². The van der Waals surface area contributed by atoms with Crippen molar-refractivity contribution in [2.75, 3.05) is 14.2 Å². The van der Waals surface area contributed by atoms with Crippen LogP contribution in [-0.4, -0.2) is 14.2 Å². The molecular weight excluding hydrogens is 591 g/mol. The van der Waals surface area contributed by atoms with E-state index < -0.39 is 23.0 Å². The van der Waals surface area contributed by atoms with Crippen LogP contribution in [0.2, 0.25) is 0 Å². The summed E-state index contributed by atoms with van der Waals surface area (Å²) in [6, 6.07) is 30.2. The second-order valence-corrected chi connectivity index (χ2v) is 16.3. The number of aryl methyl sites for hydroxylation is 4. The molecule has 0 unspecified atom stereocenters. The fourth-order valence-corrected chi connectivity index (χ4v) is 12.7. The van der Waals surface area contributed by atoms with E-state index in [2.05, 4.69) is 0 Å². The van der Waals surface area contributed by atoms with Crippen LogP contribution in [0.4, 0.5) is 0 Å². The Morgan fingerprint density at radius 2 is 0.571 bits per heavy atom. The molecule has 0 saturated carbocycles. The van der Waals surface area contributed by atoms with Gasteiger partial charge < -0.3 is 27.1 Å². The minimum absolute atomic E-state index is 0.504. The average Bonchev–Trinajstić information content (AvgIpc) is 2.98. The van der Waals surface area contributed by atoms with Crippen molar-refractivity contribution >= 4 is 23.0 Å². The molecule has 0 N–H and O–H groups in total. The zero-order valence-electron chi connectivity index (χ0n) is 24.4. The van der Waals surface area contributed by atoms with Gasteiger partial charge >= 0.3 is 23.0 Å². The van der Waals surface area contributed by atoms with E-state index in [1.54, 1.807) is 0 Å². The summed E-state index contributed by atoms with van der Waals surface area (Å²) in [4.78, 5) is 0. The number of rotatable bonds is 10. The summed E-state index contributed by atoms with van der Waals surface area (Å²) in [5.41, 5.74) is 4.30. The Balaban J connectivity index is 1.76. The van der Waals surface area contributed by atoms with Gasteiger partial charge in [0.05, 0.1) is 0 Å². The fraction of sp³-hybridized carbons (Fsp3) is 0.200. The Hall–Kier alpha value is -3.31. The molecular formula is C30H34N3O6P3. The van der Waals surface area contributed by atoms with Gasteiger partial charge in [-0.3, -0.25) is 0 Å². The van der Waals surface area contributed by atoms with Crippen molar-refractivity contribution in [1.29, 1.82) is 0 Å². The third-order valence-corrected chi connectivity index (χ3v) is 14.3. The minimum atomic E-state index is -3.68. The first-order valence-corrected chi connectivity index (χ1v) is 17.8. The molecule has 0 fully saturated rings. The lowest BCUT2D eigenvalue weighted by atomic mass is 10.2. The van der Waals surface area contributed by atoms with Crippen molar-refractivity contribution in [1.82, 2.24) is 0 Å². The van der Waals surface area contributed by atoms with Gasteiger partial charge in [0.15, 0.2) is 0 Å². The van der Waals surface area contributed by atoms with Crippen molar-refractivity contribution in [2.45, 2.75) is 27.7 Å². The highest BCUT2D eigenvalue weighted by atomic mass is 31.3. The normalized spacial score (nSPS) is 20.8. The second-order valence-electron chi connectivity index (χ2n) is 9.72. The summed E-state index contributed by atoms with van der Waals surface area (Å²) in [6.07, 6.45) is 0. The summed E-state index contributed by atoms with van der Waals surface area (Å²) in [6.45, 7) is 7.99. The summed E-state index contributed by atoms with van der Waals surface area (Å²) < 4.78 is 53.0. The molecule has 2 atom stereocenters. The fourth-order valence-electron chi connectivity index (χ4n) is 3.81. The maximum atomic E-state index is 6.59. The van der Waals surface area contributed by atoms with Crippen LogP contribution < -0.4 is 18.1 Å². The molecule has 1 aliphatic heterocycles. The Morgan fingerprint density at radius 1 is 0.357 bits per heavy atom. The topological polar surface area (TPSA) is 92.5 Å². The van der Waals surface area contributed by atoms with Gasteiger partial charge in [0.1, 0.15) is 23.0 Å². The second kappa shape index (κ2) is 12.5. The van der Waals surface area contributed by atoms with Gasteiger partial charge in [-0.25, -0.2) is 0 Å². The lowest BCUT2D eigenvalue weighted by Gasteiger charge is -2.32. The highest BCUT2D eigenvalue weighted by molar-refractivity contribution is 7.78. The molecule has 9 nitrogen and oxygen atoms in total. The van der Waals surface area contributed by atoms with Crippen LogP contribution in [0.3, 0.4) is 0 Å². The molecule has 4 aromatic carbocycles. The quantitative estimate of drug-likeness (QED) is 0.163. The Kier molecular flexibility index (Phi) is 8.98. The van der Waals surface area contributed by atoms with E-state index in [1.165, 1.54) is 14.2 Å². The number of nitrogens with zero attached hydrogens (tertiary/aromatic N) is 3. The maximum Gasteiger partial charge on any atom is 0.459 e. The number of hydrogen-bond acceptors (Lipinski definition) is 9. The summed E-state index contributed by atoms with van der Waals surface area (Å²) in [7, 11) is -7.80. The number of hydrogen-bond donors (Lipinski definition) is 0. The molecule has 0 bridgehead atoms.